The number of carbonyl (C=O) groups is 1. The summed E-state index contributed by atoms with van der Waals surface area (Å²) in [5.74, 6) is -0.195. The number of phosphoric acid groups is 1. The number of aliphatic hydroxyl groups excluding tert-OH is 1. The van der Waals surface area contributed by atoms with Crippen LogP contribution in [0.4, 0.5) is 0 Å². The molecule has 0 heterocycles. The number of hydrogen-bond donors (Lipinski definition) is 3. The van der Waals surface area contributed by atoms with E-state index in [0.717, 1.165) is 19.3 Å². The number of amides is 1. The Balaban J connectivity index is 3.74. The van der Waals surface area contributed by atoms with Crippen LogP contribution in [0.15, 0.2) is 0 Å². The minimum atomic E-state index is -4.28. The lowest BCUT2D eigenvalue weighted by Crippen LogP contribution is -2.46. The number of unbranched alkanes of at least 4 members (excludes halogenated alkanes) is 25. The Bertz CT molecular complexity index is 778. The Morgan fingerprint density at radius 1 is 0.612 bits per heavy atom. The number of rotatable bonds is 38. The predicted molar refractivity (Wildman–Crippen MR) is 208 cm³/mol. The van der Waals surface area contributed by atoms with E-state index < -0.39 is 20.0 Å². The van der Waals surface area contributed by atoms with Crippen molar-refractivity contribution >= 4 is 13.7 Å². The maximum absolute atomic E-state index is 12.3. The molecule has 8 nitrogen and oxygen atoms in total. The van der Waals surface area contributed by atoms with Crippen LogP contribution < -0.4 is 5.32 Å². The van der Waals surface area contributed by atoms with Crippen LogP contribution in [0.2, 0.25) is 0 Å². The zero-order valence-electron chi connectivity index (χ0n) is 33.2. The zero-order valence-corrected chi connectivity index (χ0v) is 34.1. The van der Waals surface area contributed by atoms with Crippen LogP contribution in [0.3, 0.4) is 0 Å². The highest BCUT2D eigenvalue weighted by atomic mass is 31.2. The first kappa shape index (κ1) is 48.5. The van der Waals surface area contributed by atoms with Crippen LogP contribution in [-0.2, 0) is 18.4 Å². The molecule has 3 unspecified atom stereocenters. The topological polar surface area (TPSA) is 105 Å². The standard InChI is InChI=1S/C40H83N2O6P/c1-6-8-9-10-11-12-13-14-15-16-17-18-19-20-21-22-23-24-25-26-27-28-29-30-31-32-34-39(43)38(41-40(44)33-7-2)37-48-49(45,46)47-36-35-42(3,4)5/h38-39,43H,6-37H2,1-5H3,(H-,41,44,45,46)/p+1. The van der Waals surface area contributed by atoms with Crippen LogP contribution in [-0.4, -0.2) is 73.4 Å². The third-order valence-electron chi connectivity index (χ3n) is 9.58. The molecule has 0 bridgehead atoms. The summed E-state index contributed by atoms with van der Waals surface area (Å²) < 4.78 is 23.2. The second-order valence-electron chi connectivity index (χ2n) is 15.7. The van der Waals surface area contributed by atoms with Gasteiger partial charge in [-0.3, -0.25) is 13.8 Å². The monoisotopic (exact) mass is 720 g/mol. The van der Waals surface area contributed by atoms with E-state index in [1.165, 1.54) is 148 Å². The Hall–Kier alpha value is -0.500. The molecule has 3 N–H and O–H groups in total. The van der Waals surface area contributed by atoms with E-state index in [9.17, 15) is 19.4 Å². The predicted octanol–water partition coefficient (Wildman–Crippen LogP) is 11.0. The molecule has 49 heavy (non-hydrogen) atoms. The fraction of sp³-hybridized carbons (Fsp3) is 0.975. The van der Waals surface area contributed by atoms with Crippen molar-refractivity contribution in [3.05, 3.63) is 0 Å². The fourth-order valence-electron chi connectivity index (χ4n) is 6.27. The fourth-order valence-corrected chi connectivity index (χ4v) is 7.00. The van der Waals surface area contributed by atoms with Crippen molar-refractivity contribution < 1.29 is 32.9 Å². The van der Waals surface area contributed by atoms with Crippen molar-refractivity contribution in [2.24, 2.45) is 0 Å². The van der Waals surface area contributed by atoms with Gasteiger partial charge in [-0.2, -0.15) is 0 Å². The van der Waals surface area contributed by atoms with Crippen molar-refractivity contribution in [2.75, 3.05) is 40.9 Å². The third-order valence-corrected chi connectivity index (χ3v) is 10.6. The summed E-state index contributed by atoms with van der Waals surface area (Å²) in [7, 11) is 1.62. The molecular weight excluding hydrogens is 635 g/mol. The smallest absolute Gasteiger partial charge is 0.391 e. The summed E-state index contributed by atoms with van der Waals surface area (Å²) in [5, 5.41) is 13.6. The maximum atomic E-state index is 12.3. The molecular formula is C40H84N2O6P+. The quantitative estimate of drug-likeness (QED) is 0.0333. The molecule has 0 aromatic carbocycles. The Labute approximate surface area is 304 Å². The van der Waals surface area contributed by atoms with Crippen LogP contribution >= 0.6 is 7.82 Å². The molecule has 1 amide bonds. The van der Waals surface area contributed by atoms with Gasteiger partial charge in [0.1, 0.15) is 13.2 Å². The molecule has 0 aliphatic rings. The number of aliphatic hydroxyl groups is 1. The zero-order chi connectivity index (χ0) is 36.5. The molecule has 0 saturated carbocycles. The molecule has 294 valence electrons. The largest absolute Gasteiger partial charge is 0.472 e. The Kier molecular flexibility index (Phi) is 33.0. The van der Waals surface area contributed by atoms with Gasteiger partial charge in [-0.15, -0.1) is 0 Å². The van der Waals surface area contributed by atoms with Gasteiger partial charge in [0.15, 0.2) is 0 Å². The molecule has 0 saturated heterocycles. The average molecular weight is 720 g/mol. The normalized spacial score (nSPS) is 14.5. The van der Waals surface area contributed by atoms with Crippen molar-refractivity contribution in [2.45, 2.75) is 212 Å². The highest BCUT2D eigenvalue weighted by Gasteiger charge is 2.28. The third kappa shape index (κ3) is 35.7. The van der Waals surface area contributed by atoms with Crippen molar-refractivity contribution in [3.8, 4) is 0 Å². The van der Waals surface area contributed by atoms with Gasteiger partial charge in [-0.25, -0.2) is 4.57 Å². The lowest BCUT2D eigenvalue weighted by atomic mass is 10.0. The van der Waals surface area contributed by atoms with Gasteiger partial charge in [0.25, 0.3) is 0 Å². The number of nitrogens with one attached hydrogen (secondary N) is 1. The number of quaternary nitrogens is 1. The van der Waals surface area contributed by atoms with E-state index in [1.807, 2.05) is 28.1 Å². The average Bonchev–Trinajstić information content (AvgIpc) is 3.04. The summed E-state index contributed by atoms with van der Waals surface area (Å²) in [6.45, 7) is 4.56. The summed E-state index contributed by atoms with van der Waals surface area (Å²) in [4.78, 5) is 22.3. The molecule has 3 atom stereocenters. The SMILES string of the molecule is CCCCCCCCCCCCCCCCCCCCCCCCCCCCC(O)C(COP(=O)(O)OCC[N+](C)(C)C)NC(=O)CCC. The van der Waals surface area contributed by atoms with Crippen LogP contribution in [0.1, 0.15) is 200 Å². The van der Waals surface area contributed by atoms with E-state index in [1.54, 1.807) is 0 Å². The van der Waals surface area contributed by atoms with Crippen molar-refractivity contribution in [3.63, 3.8) is 0 Å². The van der Waals surface area contributed by atoms with Gasteiger partial charge >= 0.3 is 7.82 Å². The first-order valence-electron chi connectivity index (χ1n) is 20.9. The minimum Gasteiger partial charge on any atom is -0.391 e. The van der Waals surface area contributed by atoms with Gasteiger partial charge in [0.2, 0.25) is 5.91 Å². The highest BCUT2D eigenvalue weighted by Crippen LogP contribution is 2.43. The number of likely N-dealkylation sites (N-methyl/N-ethyl adjacent to an activating group) is 1. The number of phosphoric ester groups is 1. The molecule has 0 aliphatic carbocycles. The van der Waals surface area contributed by atoms with Crippen LogP contribution in [0.5, 0.6) is 0 Å². The molecule has 0 rings (SSSR count). The molecule has 0 aromatic rings. The van der Waals surface area contributed by atoms with Gasteiger partial charge in [-0.05, 0) is 12.8 Å². The van der Waals surface area contributed by atoms with E-state index >= 15 is 0 Å². The van der Waals surface area contributed by atoms with Gasteiger partial charge in [0.05, 0.1) is 39.9 Å². The summed E-state index contributed by atoms with van der Waals surface area (Å²) >= 11 is 0. The number of carbonyl (C=O) groups excluding carboxylic acids is 1. The highest BCUT2D eigenvalue weighted by molar-refractivity contribution is 7.47. The van der Waals surface area contributed by atoms with Crippen molar-refractivity contribution in [1.82, 2.24) is 5.32 Å². The van der Waals surface area contributed by atoms with E-state index in [-0.39, 0.29) is 19.1 Å². The molecule has 0 radical (unpaired) electrons. The van der Waals surface area contributed by atoms with Gasteiger partial charge in [0, 0.05) is 6.42 Å². The Morgan fingerprint density at radius 2 is 0.980 bits per heavy atom. The first-order valence-corrected chi connectivity index (χ1v) is 22.4. The lowest BCUT2D eigenvalue weighted by molar-refractivity contribution is -0.870. The maximum Gasteiger partial charge on any atom is 0.472 e. The number of hydrogen-bond acceptors (Lipinski definition) is 5. The minimum absolute atomic E-state index is 0.0757. The molecule has 0 fully saturated rings. The second kappa shape index (κ2) is 33.3. The second-order valence-corrected chi connectivity index (χ2v) is 17.2. The van der Waals surface area contributed by atoms with Gasteiger partial charge < -0.3 is 19.8 Å². The number of nitrogens with zero attached hydrogens (tertiary/aromatic N) is 1. The Morgan fingerprint density at radius 3 is 1.33 bits per heavy atom. The summed E-state index contributed by atoms with van der Waals surface area (Å²) in [6.07, 6.45) is 35.9. The van der Waals surface area contributed by atoms with E-state index in [4.69, 9.17) is 9.05 Å². The summed E-state index contributed by atoms with van der Waals surface area (Å²) in [6, 6.07) is -0.749. The molecule has 0 spiro atoms. The van der Waals surface area contributed by atoms with E-state index in [2.05, 4.69) is 12.2 Å². The van der Waals surface area contributed by atoms with Gasteiger partial charge in [-0.1, -0.05) is 181 Å². The molecule has 9 heteroatoms. The van der Waals surface area contributed by atoms with Crippen LogP contribution in [0, 0.1) is 0 Å². The lowest BCUT2D eigenvalue weighted by Gasteiger charge is -2.26. The molecule has 0 aliphatic heterocycles. The van der Waals surface area contributed by atoms with Crippen molar-refractivity contribution in [1.29, 1.82) is 0 Å². The van der Waals surface area contributed by atoms with Crippen LogP contribution in [0.25, 0.3) is 0 Å². The summed E-state index contributed by atoms with van der Waals surface area (Å²) in [5.41, 5.74) is 0. The van der Waals surface area contributed by atoms with E-state index in [0.29, 0.717) is 30.3 Å². The first-order chi connectivity index (χ1) is 23.5. The molecule has 0 aromatic heterocycles.